The Morgan fingerprint density at radius 3 is 1.68 bits per heavy atom. The molecule has 0 aromatic heterocycles. The summed E-state index contributed by atoms with van der Waals surface area (Å²) in [7, 11) is 0. The fourth-order valence-corrected chi connectivity index (χ4v) is 10.8. The summed E-state index contributed by atoms with van der Waals surface area (Å²) in [5.74, 6) is 1.41. The van der Waals surface area contributed by atoms with Crippen LogP contribution in [0.15, 0.2) is 158 Å². The summed E-state index contributed by atoms with van der Waals surface area (Å²) < 4.78 is 0. The van der Waals surface area contributed by atoms with Crippen LogP contribution < -0.4 is 4.90 Å². The first-order chi connectivity index (χ1) is 28.9. The van der Waals surface area contributed by atoms with Crippen molar-refractivity contribution in [1.82, 2.24) is 0 Å². The average molecular weight is 768 g/mol. The van der Waals surface area contributed by atoms with Gasteiger partial charge in [-0.2, -0.15) is 0 Å². The van der Waals surface area contributed by atoms with Gasteiger partial charge in [0, 0.05) is 22.5 Å². The molecule has 0 N–H and O–H groups in total. The molecule has 2 fully saturated rings. The first-order valence-corrected chi connectivity index (χ1v) is 22.5. The molecule has 7 aromatic carbocycles. The number of aryl methyl sites for hydroxylation is 1. The van der Waals surface area contributed by atoms with Crippen molar-refractivity contribution in [3.8, 4) is 44.5 Å². The lowest BCUT2D eigenvalue weighted by atomic mass is 9.82. The predicted octanol–water partition coefficient (Wildman–Crippen LogP) is 16.9. The lowest BCUT2D eigenvalue weighted by molar-refractivity contribution is 0.443. The highest BCUT2D eigenvalue weighted by Crippen LogP contribution is 2.51. The van der Waals surface area contributed by atoms with Crippen LogP contribution in [-0.4, -0.2) is 0 Å². The molecule has 59 heavy (non-hydrogen) atoms. The monoisotopic (exact) mass is 767 g/mol. The maximum absolute atomic E-state index is 2.48. The Kier molecular flexibility index (Phi) is 10.1. The molecule has 0 radical (unpaired) electrons. The van der Waals surface area contributed by atoms with E-state index in [4.69, 9.17) is 0 Å². The summed E-state index contributed by atoms with van der Waals surface area (Å²) in [5, 5.41) is 0. The molecule has 1 nitrogen and oxygen atoms in total. The van der Waals surface area contributed by atoms with Gasteiger partial charge in [-0.15, -0.1) is 0 Å². The Morgan fingerprint density at radius 1 is 0.390 bits per heavy atom. The molecule has 0 bridgehead atoms. The minimum atomic E-state index is -0.0897. The number of rotatable bonds is 8. The molecular formula is C58H57N. The van der Waals surface area contributed by atoms with Crippen molar-refractivity contribution in [3.63, 3.8) is 0 Å². The normalized spacial score (nSPS) is 16.4. The van der Waals surface area contributed by atoms with Crippen molar-refractivity contribution >= 4 is 17.1 Å². The van der Waals surface area contributed by atoms with Gasteiger partial charge in [0.25, 0.3) is 0 Å². The summed E-state index contributed by atoms with van der Waals surface area (Å²) in [6.45, 7) is 7.00. The van der Waals surface area contributed by atoms with E-state index in [1.807, 2.05) is 0 Å². The zero-order chi connectivity index (χ0) is 39.9. The quantitative estimate of drug-likeness (QED) is 0.149. The number of hydrogen-bond donors (Lipinski definition) is 0. The summed E-state index contributed by atoms with van der Waals surface area (Å²) >= 11 is 0. The number of anilines is 3. The maximum Gasteiger partial charge on any atom is 0.0470 e. The molecule has 3 aliphatic carbocycles. The zero-order valence-electron chi connectivity index (χ0n) is 35.2. The van der Waals surface area contributed by atoms with Gasteiger partial charge in [0.2, 0.25) is 0 Å². The maximum atomic E-state index is 2.48. The van der Waals surface area contributed by atoms with Crippen LogP contribution in [0.3, 0.4) is 0 Å². The van der Waals surface area contributed by atoms with Gasteiger partial charge in [-0.1, -0.05) is 168 Å². The minimum absolute atomic E-state index is 0.0897. The third-order valence-corrected chi connectivity index (χ3v) is 14.1. The standard InChI is InChI=1S/C58H57N/c1-40-34-50(49-21-13-20-48(37-49)44-26-24-43(25-27-44)41-14-6-4-7-15-41)38-53(35-40)59(52-32-33-55-54-22-10-11-23-56(54)58(2,3)57(55)39-52)51-30-28-45(29-31-51)47-19-12-18-46(36-47)42-16-8-5-9-17-42/h10-13,18-39,41-42H,4-9,14-17H2,1-3H3. The van der Waals surface area contributed by atoms with E-state index >= 15 is 0 Å². The fourth-order valence-electron chi connectivity index (χ4n) is 10.8. The van der Waals surface area contributed by atoms with Crippen LogP contribution in [0.5, 0.6) is 0 Å². The highest BCUT2D eigenvalue weighted by molar-refractivity contribution is 5.87. The molecule has 0 unspecified atom stereocenters. The van der Waals surface area contributed by atoms with Gasteiger partial charge in [-0.3, -0.25) is 0 Å². The summed E-state index contributed by atoms with van der Waals surface area (Å²) in [6, 6.07) is 60.4. The van der Waals surface area contributed by atoms with Gasteiger partial charge >= 0.3 is 0 Å². The molecule has 0 spiro atoms. The van der Waals surface area contributed by atoms with Crippen LogP contribution in [0.4, 0.5) is 17.1 Å². The number of hydrogen-bond acceptors (Lipinski definition) is 1. The fraction of sp³-hybridized carbons (Fsp3) is 0.276. The lowest BCUT2D eigenvalue weighted by Gasteiger charge is -2.29. The molecule has 294 valence electrons. The van der Waals surface area contributed by atoms with Crippen LogP contribution in [-0.2, 0) is 5.41 Å². The van der Waals surface area contributed by atoms with Crippen molar-refractivity contribution in [2.45, 2.75) is 102 Å². The third kappa shape index (κ3) is 7.35. The van der Waals surface area contributed by atoms with Crippen LogP contribution in [0.1, 0.15) is 118 Å². The van der Waals surface area contributed by atoms with Gasteiger partial charge < -0.3 is 4.90 Å². The van der Waals surface area contributed by atoms with Crippen LogP contribution in [0.2, 0.25) is 0 Å². The largest absolute Gasteiger partial charge is 0.310 e. The van der Waals surface area contributed by atoms with Gasteiger partial charge in [0.15, 0.2) is 0 Å². The Morgan fingerprint density at radius 2 is 0.966 bits per heavy atom. The SMILES string of the molecule is Cc1cc(-c2cccc(-c3ccc(C4CCCCC4)cc3)c2)cc(N(c2ccc(-c3cccc(C4CCCCC4)c3)cc2)c2ccc3c(c2)C(C)(C)c2ccccc2-3)c1. The third-order valence-electron chi connectivity index (χ3n) is 14.1. The van der Waals surface area contributed by atoms with Crippen molar-refractivity contribution < 1.29 is 0 Å². The molecule has 3 aliphatic rings. The van der Waals surface area contributed by atoms with E-state index in [9.17, 15) is 0 Å². The summed E-state index contributed by atoms with van der Waals surface area (Å²) in [6.07, 6.45) is 13.5. The second kappa shape index (κ2) is 15.8. The number of benzene rings is 7. The topological polar surface area (TPSA) is 3.24 Å². The molecule has 1 heteroatoms. The van der Waals surface area contributed by atoms with Crippen molar-refractivity contribution in [3.05, 3.63) is 186 Å². The summed E-state index contributed by atoms with van der Waals surface area (Å²) in [5.41, 5.74) is 20.8. The van der Waals surface area contributed by atoms with Gasteiger partial charge in [0.05, 0.1) is 0 Å². The van der Waals surface area contributed by atoms with E-state index in [2.05, 4.69) is 183 Å². The van der Waals surface area contributed by atoms with Crippen molar-refractivity contribution in [1.29, 1.82) is 0 Å². The first kappa shape index (κ1) is 37.6. The molecule has 7 aromatic rings. The molecule has 0 atom stereocenters. The van der Waals surface area contributed by atoms with Crippen LogP contribution >= 0.6 is 0 Å². The molecular weight excluding hydrogens is 711 g/mol. The van der Waals surface area contributed by atoms with E-state index in [1.54, 1.807) is 0 Å². The van der Waals surface area contributed by atoms with Gasteiger partial charge in [-0.25, -0.2) is 0 Å². The highest BCUT2D eigenvalue weighted by atomic mass is 15.1. The van der Waals surface area contributed by atoms with E-state index in [-0.39, 0.29) is 5.41 Å². The van der Waals surface area contributed by atoms with E-state index in [0.29, 0.717) is 5.92 Å². The second-order valence-electron chi connectivity index (χ2n) is 18.3. The first-order valence-electron chi connectivity index (χ1n) is 22.5. The van der Waals surface area contributed by atoms with Crippen LogP contribution in [0, 0.1) is 6.92 Å². The summed E-state index contributed by atoms with van der Waals surface area (Å²) in [4.78, 5) is 2.48. The Balaban J connectivity index is 1.03. The Bertz CT molecular complexity index is 2600. The van der Waals surface area contributed by atoms with Gasteiger partial charge in [0.1, 0.15) is 0 Å². The minimum Gasteiger partial charge on any atom is -0.310 e. The molecule has 0 saturated heterocycles. The van der Waals surface area contributed by atoms with E-state index < -0.39 is 0 Å². The van der Waals surface area contributed by atoms with Crippen molar-refractivity contribution in [2.75, 3.05) is 4.90 Å². The van der Waals surface area contributed by atoms with Crippen molar-refractivity contribution in [2.24, 2.45) is 0 Å². The predicted molar refractivity (Wildman–Crippen MR) is 251 cm³/mol. The average Bonchev–Trinajstić information content (AvgIpc) is 3.52. The molecule has 0 aliphatic heterocycles. The number of fused-ring (bicyclic) bond motifs is 3. The number of nitrogens with zero attached hydrogens (tertiary/aromatic N) is 1. The molecule has 2 saturated carbocycles. The zero-order valence-corrected chi connectivity index (χ0v) is 35.2. The second-order valence-corrected chi connectivity index (χ2v) is 18.3. The lowest BCUT2D eigenvalue weighted by Crippen LogP contribution is -2.16. The highest BCUT2D eigenvalue weighted by Gasteiger charge is 2.35. The molecule has 10 rings (SSSR count). The van der Waals surface area contributed by atoms with E-state index in [1.165, 1.54) is 148 Å². The molecule has 0 heterocycles. The molecule has 0 amide bonds. The Labute approximate surface area is 352 Å². The van der Waals surface area contributed by atoms with E-state index in [0.717, 1.165) is 11.6 Å². The smallest absolute Gasteiger partial charge is 0.0470 e. The van der Waals surface area contributed by atoms with Gasteiger partial charge in [-0.05, 0) is 159 Å². The Hall–Kier alpha value is -5.66. The van der Waals surface area contributed by atoms with Crippen LogP contribution in [0.25, 0.3) is 44.5 Å².